The molecule has 0 unspecified atom stereocenters. The summed E-state index contributed by atoms with van der Waals surface area (Å²) in [4.78, 5) is 7.78. The van der Waals surface area contributed by atoms with Gasteiger partial charge in [-0.25, -0.2) is 9.97 Å². The van der Waals surface area contributed by atoms with Crippen LogP contribution in [0.3, 0.4) is 0 Å². The van der Waals surface area contributed by atoms with Gasteiger partial charge < -0.3 is 20.9 Å². The van der Waals surface area contributed by atoms with Crippen molar-refractivity contribution in [1.29, 1.82) is 0 Å². The molecule has 0 bridgehead atoms. The molecule has 19 heavy (non-hydrogen) atoms. The van der Waals surface area contributed by atoms with Crippen molar-refractivity contribution in [3.05, 3.63) is 36.7 Å². The highest BCUT2D eigenvalue weighted by molar-refractivity contribution is 5.39. The van der Waals surface area contributed by atoms with E-state index in [0.717, 1.165) is 0 Å². The molecule has 2 aromatic heterocycles. The number of hydrogen-bond donors (Lipinski definition) is 2. The molecule has 2 rings (SSSR count). The van der Waals surface area contributed by atoms with Crippen molar-refractivity contribution < 1.29 is 9.47 Å². The van der Waals surface area contributed by atoms with E-state index in [1.54, 1.807) is 43.8 Å². The summed E-state index contributed by atoms with van der Waals surface area (Å²) in [5, 5.41) is 0. The Morgan fingerprint density at radius 1 is 1.05 bits per heavy atom. The molecule has 0 radical (unpaired) electrons. The third-order valence-corrected chi connectivity index (χ3v) is 2.02. The summed E-state index contributed by atoms with van der Waals surface area (Å²) in [6.07, 6.45) is 3.18. The molecule has 0 atom stereocenters. The molecule has 0 fully saturated rings. The van der Waals surface area contributed by atoms with E-state index in [-0.39, 0.29) is 0 Å². The Balaban J connectivity index is 0.000000191. The zero-order valence-corrected chi connectivity index (χ0v) is 11.0. The van der Waals surface area contributed by atoms with Gasteiger partial charge in [0.15, 0.2) is 0 Å². The summed E-state index contributed by atoms with van der Waals surface area (Å²) in [5.41, 5.74) is 12.2. The van der Waals surface area contributed by atoms with Crippen LogP contribution in [0.4, 0.5) is 11.4 Å². The Bertz CT molecular complexity index is 488. The first kappa shape index (κ1) is 14.6. The fourth-order valence-corrected chi connectivity index (χ4v) is 1.16. The van der Waals surface area contributed by atoms with E-state index >= 15 is 0 Å². The molecular formula is C13H18N4O2. The van der Waals surface area contributed by atoms with Gasteiger partial charge in [-0.15, -0.1) is 0 Å². The molecule has 6 heteroatoms. The number of rotatable bonds is 3. The number of nitrogens with two attached hydrogens (primary N) is 2. The van der Waals surface area contributed by atoms with Crippen LogP contribution in [0, 0.1) is 0 Å². The molecule has 0 aromatic carbocycles. The average molecular weight is 262 g/mol. The zero-order chi connectivity index (χ0) is 14.1. The second-order valence-corrected chi connectivity index (χ2v) is 3.49. The van der Waals surface area contributed by atoms with Crippen LogP contribution in [0.5, 0.6) is 11.8 Å². The standard InChI is InChI=1S/C7H10N2O.C6H8N2O/c1-2-10-7-5-6(8)3-4-9-7;1-9-6-3-2-5(7)4-8-6/h3-5H,2H2,1H3,(H2,8,9);2-4H,7H2,1H3. The van der Waals surface area contributed by atoms with Crippen LogP contribution in [0.15, 0.2) is 36.7 Å². The van der Waals surface area contributed by atoms with E-state index in [1.165, 1.54) is 0 Å². The number of nitrogen functional groups attached to an aromatic ring is 2. The van der Waals surface area contributed by atoms with Gasteiger partial charge in [-0.3, -0.25) is 0 Å². The molecule has 0 saturated heterocycles. The second kappa shape index (κ2) is 7.75. The van der Waals surface area contributed by atoms with Crippen LogP contribution < -0.4 is 20.9 Å². The molecule has 102 valence electrons. The monoisotopic (exact) mass is 262 g/mol. The molecule has 4 N–H and O–H groups in total. The normalized spacial score (nSPS) is 9.16. The highest BCUT2D eigenvalue weighted by Gasteiger charge is 1.91. The molecule has 0 saturated carbocycles. The van der Waals surface area contributed by atoms with Crippen LogP contribution in [0.1, 0.15) is 6.92 Å². The quantitative estimate of drug-likeness (QED) is 0.874. The Morgan fingerprint density at radius 3 is 2.37 bits per heavy atom. The predicted octanol–water partition coefficient (Wildman–Crippen LogP) is 1.73. The summed E-state index contributed by atoms with van der Waals surface area (Å²) in [6.45, 7) is 2.53. The number of ether oxygens (including phenoxy) is 2. The Kier molecular flexibility index (Phi) is 5.94. The molecule has 0 aliphatic rings. The number of anilines is 2. The summed E-state index contributed by atoms with van der Waals surface area (Å²) < 4.78 is 9.90. The zero-order valence-electron chi connectivity index (χ0n) is 11.0. The van der Waals surface area contributed by atoms with Gasteiger partial charge in [0, 0.05) is 24.0 Å². The molecule has 0 spiro atoms. The van der Waals surface area contributed by atoms with Crippen molar-refractivity contribution in [2.24, 2.45) is 0 Å². The summed E-state index contributed by atoms with van der Waals surface area (Å²) in [7, 11) is 1.57. The van der Waals surface area contributed by atoms with E-state index in [9.17, 15) is 0 Å². The Morgan fingerprint density at radius 2 is 1.84 bits per heavy atom. The van der Waals surface area contributed by atoms with Gasteiger partial charge in [-0.1, -0.05) is 0 Å². The van der Waals surface area contributed by atoms with Crippen molar-refractivity contribution in [2.45, 2.75) is 6.92 Å². The second-order valence-electron chi connectivity index (χ2n) is 3.49. The van der Waals surface area contributed by atoms with E-state index < -0.39 is 0 Å². The minimum absolute atomic E-state index is 0.586. The number of methoxy groups -OCH3 is 1. The lowest BCUT2D eigenvalue weighted by molar-refractivity contribution is 0.327. The van der Waals surface area contributed by atoms with E-state index in [4.69, 9.17) is 20.9 Å². The number of hydrogen-bond acceptors (Lipinski definition) is 6. The fraction of sp³-hybridized carbons (Fsp3) is 0.231. The van der Waals surface area contributed by atoms with E-state index in [1.807, 2.05) is 6.92 Å². The van der Waals surface area contributed by atoms with E-state index in [2.05, 4.69) is 9.97 Å². The number of aromatic nitrogens is 2. The molecule has 2 aromatic rings. The first-order valence-corrected chi connectivity index (χ1v) is 5.75. The van der Waals surface area contributed by atoms with Gasteiger partial charge in [0.1, 0.15) is 0 Å². The van der Waals surface area contributed by atoms with Gasteiger partial charge in [0.25, 0.3) is 0 Å². The van der Waals surface area contributed by atoms with Crippen LogP contribution in [-0.2, 0) is 0 Å². The lowest BCUT2D eigenvalue weighted by atomic mass is 10.4. The first-order chi connectivity index (χ1) is 9.15. The molecule has 0 aliphatic carbocycles. The molecule has 6 nitrogen and oxygen atoms in total. The van der Waals surface area contributed by atoms with Crippen molar-refractivity contribution in [2.75, 3.05) is 25.2 Å². The van der Waals surface area contributed by atoms with Crippen molar-refractivity contribution in [3.63, 3.8) is 0 Å². The smallest absolute Gasteiger partial charge is 0.215 e. The highest BCUT2D eigenvalue weighted by atomic mass is 16.5. The van der Waals surface area contributed by atoms with E-state index in [0.29, 0.717) is 29.7 Å². The molecule has 2 heterocycles. The SMILES string of the molecule is CCOc1cc(N)ccn1.COc1ccc(N)cn1. The summed E-state index contributed by atoms with van der Waals surface area (Å²) in [6, 6.07) is 6.88. The van der Waals surface area contributed by atoms with Crippen LogP contribution in [-0.4, -0.2) is 23.7 Å². The van der Waals surface area contributed by atoms with Crippen molar-refractivity contribution >= 4 is 11.4 Å². The topological polar surface area (TPSA) is 96.3 Å². The van der Waals surface area contributed by atoms with Crippen LogP contribution >= 0.6 is 0 Å². The predicted molar refractivity (Wildman–Crippen MR) is 75.0 cm³/mol. The Hall–Kier alpha value is -2.50. The van der Waals surface area contributed by atoms with Gasteiger partial charge in [0.2, 0.25) is 11.8 Å². The number of nitrogens with zero attached hydrogens (tertiary/aromatic N) is 2. The maximum atomic E-state index is 5.47. The van der Waals surface area contributed by atoms with Gasteiger partial charge in [0.05, 0.1) is 25.6 Å². The third-order valence-electron chi connectivity index (χ3n) is 2.02. The maximum absolute atomic E-state index is 5.47. The minimum atomic E-state index is 0.586. The third kappa shape index (κ3) is 5.58. The van der Waals surface area contributed by atoms with Gasteiger partial charge >= 0.3 is 0 Å². The van der Waals surface area contributed by atoms with Crippen LogP contribution in [0.25, 0.3) is 0 Å². The largest absolute Gasteiger partial charge is 0.481 e. The molecule has 0 aliphatic heterocycles. The Labute approximate surface area is 112 Å². The number of pyridine rings is 2. The fourth-order valence-electron chi connectivity index (χ4n) is 1.16. The minimum Gasteiger partial charge on any atom is -0.481 e. The van der Waals surface area contributed by atoms with Gasteiger partial charge in [-0.05, 0) is 19.1 Å². The molecule has 0 amide bonds. The van der Waals surface area contributed by atoms with Crippen molar-refractivity contribution in [3.8, 4) is 11.8 Å². The average Bonchev–Trinajstić information content (AvgIpc) is 2.41. The van der Waals surface area contributed by atoms with Crippen molar-refractivity contribution in [1.82, 2.24) is 9.97 Å². The maximum Gasteiger partial charge on any atom is 0.215 e. The lowest BCUT2D eigenvalue weighted by Crippen LogP contribution is -1.94. The van der Waals surface area contributed by atoms with Crippen LogP contribution in [0.2, 0.25) is 0 Å². The highest BCUT2D eigenvalue weighted by Crippen LogP contribution is 2.09. The first-order valence-electron chi connectivity index (χ1n) is 5.75. The molecular weight excluding hydrogens is 244 g/mol. The lowest BCUT2D eigenvalue weighted by Gasteiger charge is -2.00. The summed E-state index contributed by atoms with van der Waals surface area (Å²) in [5.74, 6) is 1.17. The summed E-state index contributed by atoms with van der Waals surface area (Å²) >= 11 is 0. The van der Waals surface area contributed by atoms with Gasteiger partial charge in [-0.2, -0.15) is 0 Å².